The average molecular weight is 309 g/mol. The lowest BCUT2D eigenvalue weighted by Gasteiger charge is -2.14. The van der Waals surface area contributed by atoms with Gasteiger partial charge in [-0.1, -0.05) is 30.3 Å². The van der Waals surface area contributed by atoms with E-state index in [1.165, 1.54) is 7.11 Å². The minimum atomic E-state index is -1.18. The molecule has 0 aromatic heterocycles. The zero-order valence-electron chi connectivity index (χ0n) is 12.3. The van der Waals surface area contributed by atoms with E-state index in [1.54, 1.807) is 12.1 Å². The van der Waals surface area contributed by atoms with E-state index in [4.69, 9.17) is 9.84 Å². The van der Waals surface area contributed by atoms with Gasteiger partial charge in [-0.2, -0.15) is 0 Å². The first-order valence-electron chi connectivity index (χ1n) is 6.79. The van der Waals surface area contributed by atoms with Crippen LogP contribution in [0.1, 0.15) is 24.8 Å². The number of alkyl carbamates (subject to hydrolysis) is 1. The summed E-state index contributed by atoms with van der Waals surface area (Å²) in [6.45, 7) is 0.0567. The molecule has 0 saturated carbocycles. The fraction of sp³-hybridized carbons (Fsp3) is 0.400. The Morgan fingerprint density at radius 2 is 1.91 bits per heavy atom. The monoisotopic (exact) mass is 309 g/mol. The Kier molecular flexibility index (Phi) is 7.45. The third-order valence-electron chi connectivity index (χ3n) is 2.90. The molecule has 1 amide bonds. The molecule has 0 fully saturated rings. The fourth-order valence-electron chi connectivity index (χ4n) is 1.72. The van der Waals surface area contributed by atoms with Gasteiger partial charge in [0, 0.05) is 6.42 Å². The van der Waals surface area contributed by atoms with Crippen molar-refractivity contribution in [2.24, 2.45) is 0 Å². The van der Waals surface area contributed by atoms with Crippen LogP contribution < -0.4 is 5.32 Å². The second-order valence-electron chi connectivity index (χ2n) is 4.57. The molecular formula is C15H19NO6. The van der Waals surface area contributed by atoms with Gasteiger partial charge in [0.05, 0.1) is 7.11 Å². The first-order valence-corrected chi connectivity index (χ1v) is 6.79. The van der Waals surface area contributed by atoms with Crippen LogP contribution in [0.15, 0.2) is 30.3 Å². The van der Waals surface area contributed by atoms with Crippen molar-refractivity contribution in [2.45, 2.75) is 31.9 Å². The molecule has 0 aliphatic rings. The predicted octanol–water partition coefficient (Wildman–Crippen LogP) is 1.71. The molecule has 0 aliphatic heterocycles. The van der Waals surface area contributed by atoms with Gasteiger partial charge in [-0.05, 0) is 18.4 Å². The zero-order chi connectivity index (χ0) is 16.4. The third-order valence-corrected chi connectivity index (χ3v) is 2.90. The van der Waals surface area contributed by atoms with Crippen molar-refractivity contribution >= 4 is 18.0 Å². The maximum atomic E-state index is 11.6. The van der Waals surface area contributed by atoms with E-state index in [9.17, 15) is 14.4 Å². The van der Waals surface area contributed by atoms with Crippen molar-refractivity contribution < 1.29 is 29.0 Å². The number of nitrogens with one attached hydrogen (secondary N) is 1. The molecule has 1 rings (SSSR count). The Morgan fingerprint density at radius 3 is 2.50 bits per heavy atom. The number of amides is 1. The van der Waals surface area contributed by atoms with Crippen LogP contribution >= 0.6 is 0 Å². The molecule has 7 heteroatoms. The van der Waals surface area contributed by atoms with Gasteiger partial charge in [0.1, 0.15) is 12.6 Å². The van der Waals surface area contributed by atoms with E-state index in [-0.39, 0.29) is 19.4 Å². The topological polar surface area (TPSA) is 102 Å². The molecule has 2 N–H and O–H groups in total. The summed E-state index contributed by atoms with van der Waals surface area (Å²) in [6, 6.07) is 7.93. The molecule has 0 bridgehead atoms. The van der Waals surface area contributed by atoms with Gasteiger partial charge in [-0.25, -0.2) is 9.59 Å². The van der Waals surface area contributed by atoms with Crippen LogP contribution in [0.3, 0.4) is 0 Å². The Labute approximate surface area is 128 Å². The molecule has 0 spiro atoms. The van der Waals surface area contributed by atoms with E-state index in [0.29, 0.717) is 6.42 Å². The van der Waals surface area contributed by atoms with Crippen LogP contribution in [0.4, 0.5) is 4.79 Å². The van der Waals surface area contributed by atoms with Crippen LogP contribution in [0, 0.1) is 0 Å². The molecule has 1 unspecified atom stereocenters. The Bertz CT molecular complexity index is 502. The van der Waals surface area contributed by atoms with Gasteiger partial charge in [0.25, 0.3) is 0 Å². The van der Waals surface area contributed by atoms with Gasteiger partial charge in [-0.3, -0.25) is 4.79 Å². The number of aliphatic carboxylic acids is 1. The molecule has 7 nitrogen and oxygen atoms in total. The van der Waals surface area contributed by atoms with Gasteiger partial charge < -0.3 is 19.9 Å². The van der Waals surface area contributed by atoms with Crippen molar-refractivity contribution in [1.82, 2.24) is 5.32 Å². The van der Waals surface area contributed by atoms with Crippen LogP contribution in [-0.2, 0) is 25.7 Å². The highest BCUT2D eigenvalue weighted by Gasteiger charge is 2.20. The zero-order valence-corrected chi connectivity index (χ0v) is 12.3. The third kappa shape index (κ3) is 6.74. The standard InChI is InChI=1S/C15H19NO6/c1-21-13(17)9-5-8-12(14(18)19)16-15(20)22-10-11-6-3-2-4-7-11/h2-4,6-7,12H,5,8-10H2,1H3,(H,16,20)(H,18,19). The van der Waals surface area contributed by atoms with Gasteiger partial charge in [-0.15, -0.1) is 0 Å². The molecule has 1 aromatic carbocycles. The lowest BCUT2D eigenvalue weighted by Crippen LogP contribution is -2.41. The van der Waals surface area contributed by atoms with Crippen molar-refractivity contribution in [2.75, 3.05) is 7.11 Å². The lowest BCUT2D eigenvalue weighted by atomic mass is 10.1. The average Bonchev–Trinajstić information content (AvgIpc) is 2.52. The minimum Gasteiger partial charge on any atom is -0.480 e. The van der Waals surface area contributed by atoms with Crippen molar-refractivity contribution in [1.29, 1.82) is 0 Å². The Balaban J connectivity index is 2.37. The summed E-state index contributed by atoms with van der Waals surface area (Å²) in [4.78, 5) is 33.6. The van der Waals surface area contributed by atoms with E-state index in [1.807, 2.05) is 18.2 Å². The highest BCUT2D eigenvalue weighted by molar-refractivity contribution is 5.79. The van der Waals surface area contributed by atoms with E-state index in [2.05, 4.69) is 10.1 Å². The van der Waals surface area contributed by atoms with E-state index < -0.39 is 24.1 Å². The summed E-state index contributed by atoms with van der Waals surface area (Å²) in [5.41, 5.74) is 0.801. The van der Waals surface area contributed by atoms with Crippen LogP contribution in [0.2, 0.25) is 0 Å². The summed E-state index contributed by atoms with van der Waals surface area (Å²) in [5, 5.41) is 11.3. The maximum Gasteiger partial charge on any atom is 0.408 e. The fourth-order valence-corrected chi connectivity index (χ4v) is 1.72. The van der Waals surface area contributed by atoms with Crippen LogP contribution in [0.5, 0.6) is 0 Å². The lowest BCUT2D eigenvalue weighted by molar-refractivity contribution is -0.142. The van der Waals surface area contributed by atoms with E-state index in [0.717, 1.165) is 5.56 Å². The number of methoxy groups -OCH3 is 1. The van der Waals surface area contributed by atoms with Crippen molar-refractivity contribution in [3.05, 3.63) is 35.9 Å². The molecule has 1 aromatic rings. The SMILES string of the molecule is COC(=O)CCCC(NC(=O)OCc1ccccc1)C(=O)O. The number of carbonyl (C=O) groups excluding carboxylic acids is 2. The molecular weight excluding hydrogens is 290 g/mol. The molecule has 1 atom stereocenters. The molecule has 0 radical (unpaired) electrons. The largest absolute Gasteiger partial charge is 0.480 e. The number of esters is 1. The number of carbonyl (C=O) groups is 3. The number of rotatable bonds is 8. The van der Waals surface area contributed by atoms with Gasteiger partial charge >= 0.3 is 18.0 Å². The Hall–Kier alpha value is -2.57. The minimum absolute atomic E-state index is 0.0567. The summed E-state index contributed by atoms with van der Waals surface area (Å²) in [5.74, 6) is -1.60. The Morgan fingerprint density at radius 1 is 1.23 bits per heavy atom. The number of benzene rings is 1. The maximum absolute atomic E-state index is 11.6. The number of carboxylic acids is 1. The smallest absolute Gasteiger partial charge is 0.408 e. The predicted molar refractivity (Wildman–Crippen MR) is 77.1 cm³/mol. The molecule has 22 heavy (non-hydrogen) atoms. The molecule has 120 valence electrons. The van der Waals surface area contributed by atoms with Crippen LogP contribution in [0.25, 0.3) is 0 Å². The highest BCUT2D eigenvalue weighted by atomic mass is 16.5. The number of carboxylic acid groups (broad SMARTS) is 1. The number of hydrogen-bond donors (Lipinski definition) is 2. The normalized spacial score (nSPS) is 11.3. The highest BCUT2D eigenvalue weighted by Crippen LogP contribution is 2.05. The molecule has 0 aliphatic carbocycles. The molecule has 0 heterocycles. The number of ether oxygens (including phenoxy) is 2. The first kappa shape index (κ1) is 17.5. The van der Waals surface area contributed by atoms with Gasteiger partial charge in [0.15, 0.2) is 0 Å². The van der Waals surface area contributed by atoms with Crippen molar-refractivity contribution in [3.63, 3.8) is 0 Å². The van der Waals surface area contributed by atoms with Gasteiger partial charge in [0.2, 0.25) is 0 Å². The second-order valence-corrected chi connectivity index (χ2v) is 4.57. The summed E-state index contributed by atoms with van der Waals surface area (Å²) in [6.07, 6.45) is -0.302. The van der Waals surface area contributed by atoms with E-state index >= 15 is 0 Å². The summed E-state index contributed by atoms with van der Waals surface area (Å²) >= 11 is 0. The van der Waals surface area contributed by atoms with Crippen molar-refractivity contribution in [3.8, 4) is 0 Å². The summed E-state index contributed by atoms with van der Waals surface area (Å²) < 4.78 is 9.42. The number of hydrogen-bond acceptors (Lipinski definition) is 5. The second kappa shape index (κ2) is 9.38. The quantitative estimate of drug-likeness (QED) is 0.709. The summed E-state index contributed by atoms with van der Waals surface area (Å²) in [7, 11) is 1.26. The van der Waals surface area contributed by atoms with Crippen LogP contribution in [-0.4, -0.2) is 36.3 Å². The molecule has 0 saturated heterocycles. The first-order chi connectivity index (χ1) is 10.5.